The molecule has 1 aliphatic heterocycles. The zero-order chi connectivity index (χ0) is 16.5. The SMILES string of the molecule is Cl.Cl.NCC(=O)NCC(=O)Nc1ccc(CCN2CCSCC2)cc1. The molecule has 142 valence electrons. The van der Waals surface area contributed by atoms with Crippen LogP contribution in [0, 0.1) is 0 Å². The van der Waals surface area contributed by atoms with Gasteiger partial charge in [-0.15, -0.1) is 24.8 Å². The lowest BCUT2D eigenvalue weighted by Gasteiger charge is -2.26. The number of carbonyl (C=O) groups excluding carboxylic acids is 2. The molecule has 0 aromatic heterocycles. The second-order valence-corrected chi connectivity index (χ2v) is 6.65. The van der Waals surface area contributed by atoms with Crippen molar-refractivity contribution >= 4 is 54.1 Å². The van der Waals surface area contributed by atoms with Gasteiger partial charge in [-0.05, 0) is 24.1 Å². The van der Waals surface area contributed by atoms with Gasteiger partial charge in [0, 0.05) is 36.8 Å². The van der Waals surface area contributed by atoms with Crippen LogP contribution >= 0.6 is 36.6 Å². The van der Waals surface area contributed by atoms with Crippen LogP contribution in [0.1, 0.15) is 5.56 Å². The number of nitrogens with zero attached hydrogens (tertiary/aromatic N) is 1. The molecule has 1 aromatic rings. The Kier molecular flexibility index (Phi) is 12.7. The van der Waals surface area contributed by atoms with Crippen LogP contribution < -0.4 is 16.4 Å². The third kappa shape index (κ3) is 9.32. The molecule has 2 amide bonds. The normalized spacial score (nSPS) is 14.0. The molecular weight excluding hydrogens is 383 g/mol. The van der Waals surface area contributed by atoms with Crippen molar-refractivity contribution in [1.29, 1.82) is 0 Å². The van der Waals surface area contributed by atoms with E-state index in [2.05, 4.69) is 15.5 Å². The van der Waals surface area contributed by atoms with Crippen LogP contribution in [-0.4, -0.2) is 60.9 Å². The molecule has 0 spiro atoms. The third-order valence-corrected chi connectivity index (χ3v) is 4.63. The van der Waals surface area contributed by atoms with Gasteiger partial charge < -0.3 is 21.3 Å². The summed E-state index contributed by atoms with van der Waals surface area (Å²) in [6, 6.07) is 7.85. The Hall–Kier alpha value is -0.990. The summed E-state index contributed by atoms with van der Waals surface area (Å²) in [6.07, 6.45) is 1.02. The molecular formula is C16H26Cl2N4O2S. The fourth-order valence-electron chi connectivity index (χ4n) is 2.32. The smallest absolute Gasteiger partial charge is 0.243 e. The first kappa shape index (κ1) is 24.0. The number of nitrogens with two attached hydrogens (primary N) is 1. The van der Waals surface area contributed by atoms with E-state index < -0.39 is 0 Å². The van der Waals surface area contributed by atoms with Crippen molar-refractivity contribution in [2.75, 3.05) is 49.5 Å². The van der Waals surface area contributed by atoms with E-state index in [0.29, 0.717) is 0 Å². The number of amides is 2. The molecule has 1 aromatic carbocycles. The predicted octanol–water partition coefficient (Wildman–Crippen LogP) is 1.13. The molecule has 2 rings (SSSR count). The van der Waals surface area contributed by atoms with Gasteiger partial charge in [-0.3, -0.25) is 9.59 Å². The number of nitrogens with one attached hydrogen (secondary N) is 2. The molecule has 0 saturated carbocycles. The van der Waals surface area contributed by atoms with E-state index in [4.69, 9.17) is 5.73 Å². The minimum absolute atomic E-state index is 0. The van der Waals surface area contributed by atoms with Gasteiger partial charge >= 0.3 is 0 Å². The summed E-state index contributed by atoms with van der Waals surface area (Å²) in [7, 11) is 0. The molecule has 4 N–H and O–H groups in total. The number of benzene rings is 1. The highest BCUT2D eigenvalue weighted by Crippen LogP contribution is 2.12. The van der Waals surface area contributed by atoms with Gasteiger partial charge in [0.15, 0.2) is 0 Å². The van der Waals surface area contributed by atoms with Crippen LogP contribution in [0.5, 0.6) is 0 Å². The average molecular weight is 409 g/mol. The van der Waals surface area contributed by atoms with Gasteiger partial charge in [0.05, 0.1) is 13.1 Å². The van der Waals surface area contributed by atoms with Crippen molar-refractivity contribution in [3.05, 3.63) is 29.8 Å². The second-order valence-electron chi connectivity index (χ2n) is 5.43. The molecule has 0 aliphatic carbocycles. The second kappa shape index (κ2) is 13.2. The lowest BCUT2D eigenvalue weighted by atomic mass is 10.1. The van der Waals surface area contributed by atoms with Gasteiger partial charge in [0.2, 0.25) is 11.8 Å². The summed E-state index contributed by atoms with van der Waals surface area (Å²) in [5.74, 6) is 1.86. The zero-order valence-corrected chi connectivity index (χ0v) is 16.5. The molecule has 9 heteroatoms. The number of hydrogen-bond donors (Lipinski definition) is 3. The van der Waals surface area contributed by atoms with Crippen LogP contribution in [0.3, 0.4) is 0 Å². The Morgan fingerprint density at radius 1 is 1.08 bits per heavy atom. The molecule has 0 atom stereocenters. The standard InChI is InChI=1S/C16H24N4O2S.2ClH/c17-11-15(21)18-12-16(22)19-14-3-1-13(2-4-14)5-6-20-7-9-23-10-8-20;;/h1-4H,5-12,17H2,(H,18,21)(H,19,22);2*1H. The van der Waals surface area contributed by atoms with E-state index in [1.165, 1.54) is 30.2 Å². The highest BCUT2D eigenvalue weighted by molar-refractivity contribution is 7.99. The molecule has 0 radical (unpaired) electrons. The van der Waals surface area contributed by atoms with Gasteiger partial charge in [0.25, 0.3) is 0 Å². The van der Waals surface area contributed by atoms with E-state index >= 15 is 0 Å². The minimum Gasteiger partial charge on any atom is -0.346 e. The monoisotopic (exact) mass is 408 g/mol. The third-order valence-electron chi connectivity index (χ3n) is 3.69. The Balaban J connectivity index is 0.00000288. The van der Waals surface area contributed by atoms with Crippen LogP contribution in [0.2, 0.25) is 0 Å². The van der Waals surface area contributed by atoms with Gasteiger partial charge in [-0.25, -0.2) is 0 Å². The van der Waals surface area contributed by atoms with Gasteiger partial charge in [-0.2, -0.15) is 11.8 Å². The largest absolute Gasteiger partial charge is 0.346 e. The lowest BCUT2D eigenvalue weighted by molar-refractivity contribution is -0.123. The van der Waals surface area contributed by atoms with Crippen molar-refractivity contribution in [3.63, 3.8) is 0 Å². The van der Waals surface area contributed by atoms with Crippen LogP contribution in [0.4, 0.5) is 5.69 Å². The number of halogens is 2. The maximum atomic E-state index is 11.7. The van der Waals surface area contributed by atoms with Crippen molar-refractivity contribution in [2.24, 2.45) is 5.73 Å². The number of anilines is 1. The van der Waals surface area contributed by atoms with Crippen LogP contribution in [-0.2, 0) is 16.0 Å². The summed E-state index contributed by atoms with van der Waals surface area (Å²) in [6.45, 7) is 3.25. The number of thioether (sulfide) groups is 1. The first-order chi connectivity index (χ1) is 11.2. The van der Waals surface area contributed by atoms with Crippen molar-refractivity contribution in [1.82, 2.24) is 10.2 Å². The fourth-order valence-corrected chi connectivity index (χ4v) is 3.30. The molecule has 1 aliphatic rings. The van der Waals surface area contributed by atoms with E-state index in [1.807, 2.05) is 36.0 Å². The number of hydrogen-bond acceptors (Lipinski definition) is 5. The Bertz CT molecular complexity index is 525. The van der Waals surface area contributed by atoms with E-state index in [1.54, 1.807) is 0 Å². The predicted molar refractivity (Wildman–Crippen MR) is 109 cm³/mol. The number of rotatable bonds is 7. The minimum atomic E-state index is -0.341. The summed E-state index contributed by atoms with van der Waals surface area (Å²) in [5.41, 5.74) is 7.15. The summed E-state index contributed by atoms with van der Waals surface area (Å²) < 4.78 is 0. The quantitative estimate of drug-likeness (QED) is 0.629. The molecule has 0 bridgehead atoms. The lowest BCUT2D eigenvalue weighted by Crippen LogP contribution is -2.36. The Labute approximate surface area is 165 Å². The Morgan fingerprint density at radius 2 is 1.72 bits per heavy atom. The van der Waals surface area contributed by atoms with E-state index in [-0.39, 0.29) is 49.7 Å². The van der Waals surface area contributed by atoms with Gasteiger partial charge in [0.1, 0.15) is 0 Å². The molecule has 0 unspecified atom stereocenters. The average Bonchev–Trinajstić information content (AvgIpc) is 2.60. The Morgan fingerprint density at radius 3 is 2.32 bits per heavy atom. The first-order valence-corrected chi connectivity index (χ1v) is 8.98. The summed E-state index contributed by atoms with van der Waals surface area (Å²) in [4.78, 5) is 25.2. The highest BCUT2D eigenvalue weighted by Gasteiger charge is 2.10. The van der Waals surface area contributed by atoms with Crippen molar-refractivity contribution in [3.8, 4) is 0 Å². The van der Waals surface area contributed by atoms with E-state index in [9.17, 15) is 9.59 Å². The topological polar surface area (TPSA) is 87.5 Å². The molecule has 25 heavy (non-hydrogen) atoms. The summed E-state index contributed by atoms with van der Waals surface area (Å²) in [5, 5.41) is 5.18. The maximum absolute atomic E-state index is 11.7. The first-order valence-electron chi connectivity index (χ1n) is 7.83. The maximum Gasteiger partial charge on any atom is 0.243 e. The van der Waals surface area contributed by atoms with Gasteiger partial charge in [-0.1, -0.05) is 12.1 Å². The zero-order valence-electron chi connectivity index (χ0n) is 14.0. The van der Waals surface area contributed by atoms with Crippen molar-refractivity contribution < 1.29 is 9.59 Å². The summed E-state index contributed by atoms with van der Waals surface area (Å²) >= 11 is 2.02. The molecule has 1 heterocycles. The molecule has 1 saturated heterocycles. The molecule has 1 fully saturated rings. The van der Waals surface area contributed by atoms with E-state index in [0.717, 1.165) is 18.7 Å². The van der Waals surface area contributed by atoms with Crippen molar-refractivity contribution in [2.45, 2.75) is 6.42 Å². The highest BCUT2D eigenvalue weighted by atomic mass is 35.5. The molecule has 6 nitrogen and oxygen atoms in total. The van der Waals surface area contributed by atoms with Crippen LogP contribution in [0.25, 0.3) is 0 Å². The fraction of sp³-hybridized carbons (Fsp3) is 0.500. The number of carbonyl (C=O) groups is 2. The van der Waals surface area contributed by atoms with Crippen LogP contribution in [0.15, 0.2) is 24.3 Å².